The molecule has 0 aromatic carbocycles. The monoisotopic (exact) mass is 278 g/mol. The minimum atomic E-state index is -0.257. The molecular formula is C16H26N2O2. The summed E-state index contributed by atoms with van der Waals surface area (Å²) >= 11 is 0. The topological polar surface area (TPSA) is 40.6 Å². The van der Waals surface area contributed by atoms with E-state index in [9.17, 15) is 9.59 Å². The Morgan fingerprint density at radius 3 is 2.55 bits per heavy atom. The lowest BCUT2D eigenvalue weighted by molar-refractivity contribution is -0.163. The van der Waals surface area contributed by atoms with Gasteiger partial charge in [-0.15, -0.1) is 0 Å². The molecular weight excluding hydrogens is 252 g/mol. The minimum absolute atomic E-state index is 0.161. The van der Waals surface area contributed by atoms with Crippen molar-refractivity contribution in [1.82, 2.24) is 9.80 Å². The lowest BCUT2D eigenvalue weighted by atomic mass is 9.94. The van der Waals surface area contributed by atoms with E-state index in [1.165, 1.54) is 19.3 Å². The van der Waals surface area contributed by atoms with Gasteiger partial charge in [-0.05, 0) is 50.9 Å². The Kier molecular flexibility index (Phi) is 3.74. The van der Waals surface area contributed by atoms with Crippen LogP contribution in [0.2, 0.25) is 0 Å². The minimum Gasteiger partial charge on any atom is -0.329 e. The van der Waals surface area contributed by atoms with Crippen LogP contribution in [-0.4, -0.2) is 46.8 Å². The molecule has 0 spiro atoms. The molecule has 2 aliphatic heterocycles. The average molecular weight is 278 g/mol. The number of rotatable bonds is 2. The summed E-state index contributed by atoms with van der Waals surface area (Å²) in [6.45, 7) is 5.76. The molecule has 0 radical (unpaired) electrons. The van der Waals surface area contributed by atoms with Crippen molar-refractivity contribution in [1.29, 1.82) is 0 Å². The number of piperazine rings is 1. The molecule has 4 heteroatoms. The lowest BCUT2D eigenvalue weighted by Gasteiger charge is -2.46. The molecule has 2 heterocycles. The number of amides is 2. The van der Waals surface area contributed by atoms with Crippen LogP contribution < -0.4 is 0 Å². The zero-order chi connectivity index (χ0) is 14.3. The van der Waals surface area contributed by atoms with Crippen LogP contribution in [0.3, 0.4) is 0 Å². The number of carbonyl (C=O) groups is 2. The van der Waals surface area contributed by atoms with Crippen LogP contribution in [0, 0.1) is 11.8 Å². The number of hydrogen-bond acceptors (Lipinski definition) is 2. The lowest BCUT2D eigenvalue weighted by Crippen LogP contribution is -2.65. The van der Waals surface area contributed by atoms with Gasteiger partial charge in [0, 0.05) is 13.1 Å². The first-order valence-corrected chi connectivity index (χ1v) is 8.19. The number of nitrogens with zero attached hydrogens (tertiary/aromatic N) is 2. The van der Waals surface area contributed by atoms with E-state index in [1.54, 1.807) is 0 Å². The van der Waals surface area contributed by atoms with E-state index < -0.39 is 0 Å². The highest BCUT2D eigenvalue weighted by Crippen LogP contribution is 2.33. The maximum absolute atomic E-state index is 12.7. The highest BCUT2D eigenvalue weighted by molar-refractivity contribution is 5.96. The average Bonchev–Trinajstić information content (AvgIpc) is 2.86. The number of carbonyl (C=O) groups excluding carboxylic acids is 2. The van der Waals surface area contributed by atoms with Crippen molar-refractivity contribution in [2.45, 2.75) is 64.5 Å². The first kappa shape index (κ1) is 13.9. The van der Waals surface area contributed by atoms with E-state index in [1.807, 2.05) is 16.7 Å². The fourth-order valence-corrected chi connectivity index (χ4v) is 4.22. The summed E-state index contributed by atoms with van der Waals surface area (Å²) in [6.07, 6.45) is 6.66. The van der Waals surface area contributed by atoms with Gasteiger partial charge in [-0.25, -0.2) is 0 Å². The maximum Gasteiger partial charge on any atom is 0.246 e. The third kappa shape index (κ3) is 2.33. The highest BCUT2D eigenvalue weighted by Gasteiger charge is 2.45. The van der Waals surface area contributed by atoms with Crippen molar-refractivity contribution < 1.29 is 9.59 Å². The molecule has 112 valence electrons. The van der Waals surface area contributed by atoms with E-state index >= 15 is 0 Å². The SMILES string of the molecule is CC1CCC(CN2C(=O)C3CCCCN3C(=O)C2C)C1. The van der Waals surface area contributed by atoms with E-state index in [2.05, 4.69) is 6.92 Å². The van der Waals surface area contributed by atoms with Crippen LogP contribution in [0.25, 0.3) is 0 Å². The second kappa shape index (κ2) is 5.38. The van der Waals surface area contributed by atoms with Gasteiger partial charge >= 0.3 is 0 Å². The molecule has 0 N–H and O–H groups in total. The zero-order valence-corrected chi connectivity index (χ0v) is 12.7. The molecule has 3 fully saturated rings. The van der Waals surface area contributed by atoms with Crippen LogP contribution in [0.5, 0.6) is 0 Å². The van der Waals surface area contributed by atoms with Gasteiger partial charge in [0.15, 0.2) is 0 Å². The van der Waals surface area contributed by atoms with Gasteiger partial charge in [0.05, 0.1) is 0 Å². The van der Waals surface area contributed by atoms with Crippen LogP contribution >= 0.6 is 0 Å². The zero-order valence-electron chi connectivity index (χ0n) is 12.7. The molecule has 2 saturated heterocycles. The molecule has 0 bridgehead atoms. The Morgan fingerprint density at radius 1 is 1.05 bits per heavy atom. The molecule has 4 nitrogen and oxygen atoms in total. The molecule has 20 heavy (non-hydrogen) atoms. The fourth-order valence-electron chi connectivity index (χ4n) is 4.22. The van der Waals surface area contributed by atoms with Crippen molar-refractivity contribution >= 4 is 11.8 Å². The molecule has 3 rings (SSSR count). The second-order valence-electron chi connectivity index (χ2n) is 6.99. The Hall–Kier alpha value is -1.06. The number of piperidine rings is 1. The van der Waals surface area contributed by atoms with Crippen LogP contribution in [0.4, 0.5) is 0 Å². The van der Waals surface area contributed by atoms with E-state index in [0.29, 0.717) is 5.92 Å². The standard InChI is InChI=1S/C16H26N2O2/c1-11-6-7-13(9-11)10-18-12(2)15(19)17-8-4-3-5-14(17)16(18)20/h11-14H,3-10H2,1-2H3. The summed E-state index contributed by atoms with van der Waals surface area (Å²) in [5.41, 5.74) is 0. The normalized spacial score (nSPS) is 38.3. The number of hydrogen-bond donors (Lipinski definition) is 0. The van der Waals surface area contributed by atoms with Crippen LogP contribution in [0.15, 0.2) is 0 Å². The smallest absolute Gasteiger partial charge is 0.246 e. The molecule has 1 aliphatic carbocycles. The summed E-state index contributed by atoms with van der Waals surface area (Å²) in [4.78, 5) is 28.9. The quantitative estimate of drug-likeness (QED) is 0.775. The van der Waals surface area contributed by atoms with Crippen molar-refractivity contribution in [3.63, 3.8) is 0 Å². The predicted octanol–water partition coefficient (Wildman–Crippen LogP) is 2.03. The highest BCUT2D eigenvalue weighted by atomic mass is 16.2. The van der Waals surface area contributed by atoms with Gasteiger partial charge in [0.1, 0.15) is 12.1 Å². The Labute approximate surface area is 121 Å². The largest absolute Gasteiger partial charge is 0.329 e. The first-order chi connectivity index (χ1) is 9.58. The summed E-state index contributed by atoms with van der Waals surface area (Å²) in [5, 5.41) is 0. The van der Waals surface area contributed by atoms with Gasteiger partial charge in [0.2, 0.25) is 11.8 Å². The van der Waals surface area contributed by atoms with E-state index in [-0.39, 0.29) is 23.9 Å². The third-order valence-electron chi connectivity index (χ3n) is 5.44. The van der Waals surface area contributed by atoms with Crippen molar-refractivity contribution in [3.05, 3.63) is 0 Å². The molecule has 4 atom stereocenters. The van der Waals surface area contributed by atoms with Gasteiger partial charge < -0.3 is 9.80 Å². The number of fused-ring (bicyclic) bond motifs is 1. The molecule has 0 aromatic rings. The summed E-state index contributed by atoms with van der Waals surface area (Å²) in [5.74, 6) is 1.74. The van der Waals surface area contributed by atoms with Crippen LogP contribution in [-0.2, 0) is 9.59 Å². The van der Waals surface area contributed by atoms with Gasteiger partial charge in [-0.2, -0.15) is 0 Å². The van der Waals surface area contributed by atoms with Crippen molar-refractivity contribution in [2.75, 3.05) is 13.1 Å². The molecule has 0 aromatic heterocycles. The Morgan fingerprint density at radius 2 is 1.85 bits per heavy atom. The van der Waals surface area contributed by atoms with Gasteiger partial charge in [-0.1, -0.05) is 13.3 Å². The Bertz CT molecular complexity index is 409. The van der Waals surface area contributed by atoms with Gasteiger partial charge in [-0.3, -0.25) is 9.59 Å². The molecule has 2 amide bonds. The fraction of sp³-hybridized carbons (Fsp3) is 0.875. The van der Waals surface area contributed by atoms with Crippen molar-refractivity contribution in [2.24, 2.45) is 11.8 Å². The van der Waals surface area contributed by atoms with E-state index in [0.717, 1.165) is 38.3 Å². The maximum atomic E-state index is 12.7. The first-order valence-electron chi connectivity index (χ1n) is 8.19. The summed E-state index contributed by atoms with van der Waals surface area (Å²) in [7, 11) is 0. The molecule has 3 aliphatic rings. The second-order valence-corrected chi connectivity index (χ2v) is 6.99. The molecule has 1 saturated carbocycles. The summed E-state index contributed by atoms with van der Waals surface area (Å²) < 4.78 is 0. The van der Waals surface area contributed by atoms with Crippen molar-refractivity contribution in [3.8, 4) is 0 Å². The van der Waals surface area contributed by atoms with Crippen LogP contribution in [0.1, 0.15) is 52.4 Å². The van der Waals surface area contributed by atoms with E-state index in [4.69, 9.17) is 0 Å². The van der Waals surface area contributed by atoms with Gasteiger partial charge in [0.25, 0.3) is 0 Å². The summed E-state index contributed by atoms with van der Waals surface area (Å²) in [6, 6.07) is -0.418. The third-order valence-corrected chi connectivity index (χ3v) is 5.44. The predicted molar refractivity (Wildman–Crippen MR) is 77.0 cm³/mol. The molecule has 4 unspecified atom stereocenters. The Balaban J connectivity index is 1.73.